The average molecular weight is 327 g/mol. The van der Waals surface area contributed by atoms with E-state index in [1.165, 1.54) is 0 Å². The maximum Gasteiger partial charge on any atom is 0.244 e. The summed E-state index contributed by atoms with van der Waals surface area (Å²) in [4.78, 5) is 14.2. The predicted molar refractivity (Wildman–Crippen MR) is 79.3 cm³/mol. The number of nitrogens with zero attached hydrogens (tertiary/aromatic N) is 1. The maximum atomic E-state index is 12.4. The van der Waals surface area contributed by atoms with Crippen LogP contribution < -0.4 is 10.2 Å². The Morgan fingerprint density at radius 1 is 1.53 bits per heavy atom. The topological polar surface area (TPSA) is 52.6 Å². The van der Waals surface area contributed by atoms with Gasteiger partial charge in [0.15, 0.2) is 0 Å². The van der Waals surface area contributed by atoms with Gasteiger partial charge in [-0.3, -0.25) is 4.79 Å². The number of piperazine rings is 1. The summed E-state index contributed by atoms with van der Waals surface area (Å²) in [6.07, 6.45) is 0.448. The molecule has 5 heteroatoms. The van der Waals surface area contributed by atoms with Crippen molar-refractivity contribution in [3.63, 3.8) is 0 Å². The number of carbonyl (C=O) groups excluding carboxylic acids is 1. The van der Waals surface area contributed by atoms with Crippen LogP contribution in [0.3, 0.4) is 0 Å². The number of rotatable bonds is 3. The molecule has 1 fully saturated rings. The van der Waals surface area contributed by atoms with Crippen LogP contribution in [0.15, 0.2) is 22.7 Å². The Labute approximate surface area is 121 Å². The number of nitrogens with one attached hydrogen (secondary N) is 1. The fraction of sp³-hybridized carbons (Fsp3) is 0.500. The summed E-state index contributed by atoms with van der Waals surface area (Å²) in [6.45, 7) is 4.72. The van der Waals surface area contributed by atoms with Crippen molar-refractivity contribution in [3.05, 3.63) is 28.2 Å². The monoisotopic (exact) mass is 326 g/mol. The molecule has 1 aliphatic rings. The van der Waals surface area contributed by atoms with E-state index in [-0.39, 0.29) is 24.6 Å². The van der Waals surface area contributed by atoms with E-state index >= 15 is 0 Å². The van der Waals surface area contributed by atoms with Crippen molar-refractivity contribution < 1.29 is 9.90 Å². The molecule has 0 saturated carbocycles. The van der Waals surface area contributed by atoms with Gasteiger partial charge in [0.2, 0.25) is 5.91 Å². The first-order valence-electron chi connectivity index (χ1n) is 6.47. The average Bonchev–Trinajstić information content (AvgIpc) is 2.34. The van der Waals surface area contributed by atoms with Gasteiger partial charge in [-0.2, -0.15) is 0 Å². The van der Waals surface area contributed by atoms with E-state index in [0.29, 0.717) is 13.0 Å². The highest BCUT2D eigenvalue weighted by Crippen LogP contribution is 2.29. The predicted octanol–water partition coefficient (Wildman–Crippen LogP) is 1.83. The molecule has 1 saturated heterocycles. The summed E-state index contributed by atoms with van der Waals surface area (Å²) in [5.74, 6) is 0.0247. The van der Waals surface area contributed by atoms with Gasteiger partial charge in [-0.05, 0) is 53.9 Å². The van der Waals surface area contributed by atoms with Gasteiger partial charge < -0.3 is 15.3 Å². The smallest absolute Gasteiger partial charge is 0.244 e. The van der Waals surface area contributed by atoms with Crippen molar-refractivity contribution in [3.8, 4) is 0 Å². The Morgan fingerprint density at radius 3 is 2.89 bits per heavy atom. The zero-order chi connectivity index (χ0) is 14.0. The number of anilines is 1. The number of aryl methyl sites for hydroxylation is 1. The lowest BCUT2D eigenvalue weighted by atomic mass is 10.1. The van der Waals surface area contributed by atoms with E-state index in [4.69, 9.17) is 5.11 Å². The second kappa shape index (κ2) is 6.03. The van der Waals surface area contributed by atoms with Gasteiger partial charge in [0.1, 0.15) is 0 Å². The first-order valence-corrected chi connectivity index (χ1v) is 7.26. The number of hydrogen-bond acceptors (Lipinski definition) is 3. The molecule has 2 rings (SSSR count). The minimum atomic E-state index is -0.304. The number of aliphatic hydroxyl groups is 1. The SMILES string of the molecule is Cc1ccc(N2CC(C)NC(CCO)C2=O)c(Br)c1. The first-order chi connectivity index (χ1) is 9.02. The van der Waals surface area contributed by atoms with Crippen molar-refractivity contribution in [2.24, 2.45) is 0 Å². The Morgan fingerprint density at radius 2 is 2.26 bits per heavy atom. The maximum absolute atomic E-state index is 12.4. The molecule has 0 bridgehead atoms. The van der Waals surface area contributed by atoms with E-state index < -0.39 is 0 Å². The molecule has 1 amide bonds. The molecule has 0 radical (unpaired) electrons. The Balaban J connectivity index is 2.29. The Bertz CT molecular complexity index is 479. The lowest BCUT2D eigenvalue weighted by Gasteiger charge is -2.37. The molecule has 4 nitrogen and oxygen atoms in total. The zero-order valence-corrected chi connectivity index (χ0v) is 12.8. The van der Waals surface area contributed by atoms with Crippen LogP contribution in [0.5, 0.6) is 0 Å². The second-order valence-electron chi connectivity index (χ2n) is 5.04. The minimum Gasteiger partial charge on any atom is -0.396 e. The summed E-state index contributed by atoms with van der Waals surface area (Å²) >= 11 is 3.53. The molecule has 2 N–H and O–H groups in total. The number of aliphatic hydroxyl groups excluding tert-OH is 1. The molecule has 104 valence electrons. The van der Waals surface area contributed by atoms with Crippen LogP contribution in [-0.2, 0) is 4.79 Å². The third kappa shape index (κ3) is 3.16. The quantitative estimate of drug-likeness (QED) is 0.891. The Kier molecular flexibility index (Phi) is 4.60. The van der Waals surface area contributed by atoms with Crippen molar-refractivity contribution >= 4 is 27.5 Å². The van der Waals surface area contributed by atoms with Crippen LogP contribution in [0.2, 0.25) is 0 Å². The van der Waals surface area contributed by atoms with Crippen molar-refractivity contribution in [1.82, 2.24) is 5.32 Å². The third-order valence-corrected chi connectivity index (χ3v) is 3.95. The number of amides is 1. The Hall–Kier alpha value is -0.910. The standard InChI is InChI=1S/C14H19BrN2O2/c1-9-3-4-13(11(15)7-9)17-8-10(2)16-12(5-6-18)14(17)19/h3-4,7,10,12,16,18H,5-6,8H2,1-2H3. The molecule has 0 aromatic heterocycles. The number of hydrogen-bond donors (Lipinski definition) is 2. The summed E-state index contributed by atoms with van der Waals surface area (Å²) in [7, 11) is 0. The highest BCUT2D eigenvalue weighted by Gasteiger charge is 2.32. The molecule has 1 aromatic rings. The van der Waals surface area contributed by atoms with Crippen molar-refractivity contribution in [1.29, 1.82) is 0 Å². The molecule has 2 atom stereocenters. The molecule has 0 aliphatic carbocycles. The van der Waals surface area contributed by atoms with Gasteiger partial charge in [0.05, 0.1) is 11.7 Å². The number of carbonyl (C=O) groups is 1. The van der Waals surface area contributed by atoms with Crippen LogP contribution >= 0.6 is 15.9 Å². The summed E-state index contributed by atoms with van der Waals surface area (Å²) < 4.78 is 0.928. The van der Waals surface area contributed by atoms with E-state index in [2.05, 4.69) is 21.2 Å². The van der Waals surface area contributed by atoms with E-state index in [9.17, 15) is 4.79 Å². The molecular formula is C14H19BrN2O2. The van der Waals surface area contributed by atoms with Crippen LogP contribution in [-0.4, -0.2) is 36.2 Å². The van der Waals surface area contributed by atoms with Crippen LogP contribution in [0.25, 0.3) is 0 Å². The molecule has 2 unspecified atom stereocenters. The van der Waals surface area contributed by atoms with E-state index in [1.54, 1.807) is 4.90 Å². The molecule has 1 aliphatic heterocycles. The molecule has 1 heterocycles. The van der Waals surface area contributed by atoms with Crippen LogP contribution in [0.1, 0.15) is 18.9 Å². The molecule has 1 aromatic carbocycles. The summed E-state index contributed by atoms with van der Waals surface area (Å²) in [6, 6.07) is 5.88. The van der Waals surface area contributed by atoms with Gasteiger partial charge in [-0.1, -0.05) is 6.07 Å². The largest absolute Gasteiger partial charge is 0.396 e. The van der Waals surface area contributed by atoms with Gasteiger partial charge >= 0.3 is 0 Å². The normalized spacial score (nSPS) is 23.8. The fourth-order valence-corrected chi connectivity index (χ4v) is 3.11. The van der Waals surface area contributed by atoms with Gasteiger partial charge in [0, 0.05) is 23.7 Å². The molecule has 19 heavy (non-hydrogen) atoms. The third-order valence-electron chi connectivity index (χ3n) is 3.32. The van der Waals surface area contributed by atoms with Crippen LogP contribution in [0, 0.1) is 6.92 Å². The van der Waals surface area contributed by atoms with E-state index in [0.717, 1.165) is 15.7 Å². The minimum absolute atomic E-state index is 0.0129. The second-order valence-corrected chi connectivity index (χ2v) is 5.89. The van der Waals surface area contributed by atoms with Gasteiger partial charge in [-0.25, -0.2) is 0 Å². The highest BCUT2D eigenvalue weighted by atomic mass is 79.9. The molecule has 0 spiro atoms. The van der Waals surface area contributed by atoms with Crippen molar-refractivity contribution in [2.75, 3.05) is 18.1 Å². The number of benzene rings is 1. The highest BCUT2D eigenvalue weighted by molar-refractivity contribution is 9.10. The van der Waals surface area contributed by atoms with E-state index in [1.807, 2.05) is 32.0 Å². The summed E-state index contributed by atoms with van der Waals surface area (Å²) in [5.41, 5.74) is 2.05. The summed E-state index contributed by atoms with van der Waals surface area (Å²) in [5, 5.41) is 12.3. The number of halogens is 1. The lowest BCUT2D eigenvalue weighted by molar-refractivity contribution is -0.122. The fourth-order valence-electron chi connectivity index (χ4n) is 2.40. The zero-order valence-electron chi connectivity index (χ0n) is 11.2. The first kappa shape index (κ1) is 14.5. The van der Waals surface area contributed by atoms with Gasteiger partial charge in [-0.15, -0.1) is 0 Å². The lowest BCUT2D eigenvalue weighted by Crippen LogP contribution is -2.59. The van der Waals surface area contributed by atoms with Gasteiger partial charge in [0.25, 0.3) is 0 Å². The van der Waals surface area contributed by atoms with Crippen molar-refractivity contribution in [2.45, 2.75) is 32.4 Å². The molecular weight excluding hydrogens is 308 g/mol. The van der Waals surface area contributed by atoms with Crippen LogP contribution in [0.4, 0.5) is 5.69 Å².